The van der Waals surface area contributed by atoms with Crippen molar-refractivity contribution in [3.05, 3.63) is 36.4 Å². The van der Waals surface area contributed by atoms with Crippen LogP contribution in [0.3, 0.4) is 0 Å². The van der Waals surface area contributed by atoms with Gasteiger partial charge in [0.1, 0.15) is 11.3 Å². The summed E-state index contributed by atoms with van der Waals surface area (Å²) < 4.78 is 9.31. The van der Waals surface area contributed by atoms with Crippen molar-refractivity contribution in [3.63, 3.8) is 0 Å². The summed E-state index contributed by atoms with van der Waals surface area (Å²) in [6.45, 7) is 1.91. The summed E-state index contributed by atoms with van der Waals surface area (Å²) in [5.41, 5.74) is 4.29. The normalized spacial score (nSPS) is 14.5. The quantitative estimate of drug-likeness (QED) is 0.758. The molecular formula is C17H21N5O. The predicted octanol–water partition coefficient (Wildman–Crippen LogP) is 2.24. The van der Waals surface area contributed by atoms with Gasteiger partial charge in [-0.1, -0.05) is 0 Å². The van der Waals surface area contributed by atoms with Crippen molar-refractivity contribution in [1.29, 1.82) is 0 Å². The van der Waals surface area contributed by atoms with Crippen LogP contribution in [0.5, 0.6) is 5.75 Å². The van der Waals surface area contributed by atoms with Gasteiger partial charge in [-0.2, -0.15) is 10.2 Å². The molecule has 120 valence electrons. The maximum Gasteiger partial charge on any atom is 0.145 e. The van der Waals surface area contributed by atoms with Crippen LogP contribution in [0.15, 0.2) is 30.9 Å². The van der Waals surface area contributed by atoms with Crippen LogP contribution in [-0.2, 0) is 13.6 Å². The highest BCUT2D eigenvalue weighted by Crippen LogP contribution is 2.30. The Hall–Kier alpha value is -2.34. The van der Waals surface area contributed by atoms with Crippen LogP contribution in [0.4, 0.5) is 0 Å². The molecule has 0 saturated heterocycles. The van der Waals surface area contributed by atoms with E-state index >= 15 is 0 Å². The molecule has 3 aromatic rings. The van der Waals surface area contributed by atoms with E-state index in [0.717, 1.165) is 41.4 Å². The number of aromatic nitrogens is 4. The third kappa shape index (κ3) is 2.82. The number of hydrogen-bond donors (Lipinski definition) is 1. The van der Waals surface area contributed by atoms with Crippen molar-refractivity contribution >= 4 is 5.52 Å². The van der Waals surface area contributed by atoms with Gasteiger partial charge in [0.05, 0.1) is 19.5 Å². The van der Waals surface area contributed by atoms with Crippen molar-refractivity contribution in [2.45, 2.75) is 19.4 Å². The molecule has 0 atom stereocenters. The molecule has 0 bridgehead atoms. The van der Waals surface area contributed by atoms with E-state index in [9.17, 15) is 0 Å². The Morgan fingerprint density at radius 3 is 2.78 bits per heavy atom. The lowest BCUT2D eigenvalue weighted by Crippen LogP contribution is -2.16. The minimum absolute atomic E-state index is 0.822. The second-order valence-electron chi connectivity index (χ2n) is 6.24. The molecule has 0 aliphatic heterocycles. The molecule has 0 radical (unpaired) electrons. The molecule has 0 amide bonds. The first kappa shape index (κ1) is 14.3. The zero-order valence-electron chi connectivity index (χ0n) is 13.5. The number of ether oxygens (including phenoxy) is 1. The van der Waals surface area contributed by atoms with Crippen LogP contribution in [0.2, 0.25) is 0 Å². The predicted molar refractivity (Wildman–Crippen MR) is 88.4 cm³/mol. The molecule has 1 fully saturated rings. The van der Waals surface area contributed by atoms with E-state index in [4.69, 9.17) is 4.74 Å². The fraction of sp³-hybridized carbons (Fsp3) is 0.412. The van der Waals surface area contributed by atoms with Gasteiger partial charge in [0.25, 0.3) is 0 Å². The Kier molecular flexibility index (Phi) is 3.53. The highest BCUT2D eigenvalue weighted by Gasteiger charge is 2.20. The number of fused-ring (bicyclic) bond motifs is 1. The molecule has 1 aliphatic rings. The average molecular weight is 311 g/mol. The largest absolute Gasteiger partial charge is 0.494 e. The number of pyridine rings is 1. The molecule has 3 heterocycles. The average Bonchev–Trinajstić information content (AvgIpc) is 3.13. The summed E-state index contributed by atoms with van der Waals surface area (Å²) in [7, 11) is 3.62. The maximum atomic E-state index is 5.62. The first-order valence-electron chi connectivity index (χ1n) is 7.98. The zero-order chi connectivity index (χ0) is 15.8. The summed E-state index contributed by atoms with van der Waals surface area (Å²) in [6.07, 6.45) is 10.5. The monoisotopic (exact) mass is 311 g/mol. The summed E-state index contributed by atoms with van der Waals surface area (Å²) >= 11 is 0. The lowest BCUT2D eigenvalue weighted by Gasteiger charge is -2.08. The summed E-state index contributed by atoms with van der Waals surface area (Å²) in [5.74, 6) is 1.71. The van der Waals surface area contributed by atoms with E-state index in [-0.39, 0.29) is 0 Å². The van der Waals surface area contributed by atoms with Crippen LogP contribution < -0.4 is 10.1 Å². The van der Waals surface area contributed by atoms with E-state index in [1.165, 1.54) is 18.4 Å². The number of nitrogens with zero attached hydrogens (tertiary/aromatic N) is 4. The molecule has 0 aromatic carbocycles. The molecule has 0 unspecified atom stereocenters. The van der Waals surface area contributed by atoms with Gasteiger partial charge >= 0.3 is 0 Å². The molecule has 23 heavy (non-hydrogen) atoms. The SMILES string of the molecule is COc1cc(-c2cnn(C)c2)cn2ncc(CNCC3CC3)c12. The summed E-state index contributed by atoms with van der Waals surface area (Å²) in [6, 6.07) is 2.05. The van der Waals surface area contributed by atoms with E-state index in [1.807, 2.05) is 36.4 Å². The van der Waals surface area contributed by atoms with Crippen molar-refractivity contribution in [2.75, 3.05) is 13.7 Å². The Balaban J connectivity index is 1.67. The third-order valence-corrected chi connectivity index (χ3v) is 4.36. The van der Waals surface area contributed by atoms with Crippen LogP contribution in [0, 0.1) is 5.92 Å². The van der Waals surface area contributed by atoms with Crippen molar-refractivity contribution < 1.29 is 4.74 Å². The Morgan fingerprint density at radius 2 is 2.09 bits per heavy atom. The Labute approximate surface area is 135 Å². The molecule has 0 spiro atoms. The number of nitrogens with one attached hydrogen (secondary N) is 1. The number of methoxy groups -OCH3 is 1. The van der Waals surface area contributed by atoms with Gasteiger partial charge in [0, 0.05) is 42.7 Å². The molecule has 6 nitrogen and oxygen atoms in total. The highest BCUT2D eigenvalue weighted by atomic mass is 16.5. The number of hydrogen-bond acceptors (Lipinski definition) is 4. The lowest BCUT2D eigenvalue weighted by molar-refractivity contribution is 0.417. The zero-order valence-corrected chi connectivity index (χ0v) is 13.5. The van der Waals surface area contributed by atoms with Crippen LogP contribution in [0.25, 0.3) is 16.6 Å². The van der Waals surface area contributed by atoms with Gasteiger partial charge in [0.15, 0.2) is 0 Å². The fourth-order valence-electron chi connectivity index (χ4n) is 2.89. The second kappa shape index (κ2) is 5.70. The van der Waals surface area contributed by atoms with Crippen molar-refractivity contribution in [3.8, 4) is 16.9 Å². The topological polar surface area (TPSA) is 56.4 Å². The molecule has 1 saturated carbocycles. The molecule has 4 rings (SSSR count). The maximum absolute atomic E-state index is 5.62. The van der Waals surface area contributed by atoms with Gasteiger partial charge in [-0.15, -0.1) is 0 Å². The van der Waals surface area contributed by atoms with Gasteiger partial charge < -0.3 is 10.1 Å². The van der Waals surface area contributed by atoms with E-state index in [2.05, 4.69) is 21.6 Å². The van der Waals surface area contributed by atoms with Crippen molar-refractivity contribution in [2.24, 2.45) is 13.0 Å². The van der Waals surface area contributed by atoms with Gasteiger partial charge in [-0.3, -0.25) is 4.68 Å². The first-order valence-corrected chi connectivity index (χ1v) is 7.98. The fourth-order valence-corrected chi connectivity index (χ4v) is 2.89. The smallest absolute Gasteiger partial charge is 0.145 e. The summed E-state index contributed by atoms with van der Waals surface area (Å²) in [5, 5.41) is 12.3. The number of aryl methyl sites for hydroxylation is 1. The van der Waals surface area contributed by atoms with Crippen molar-refractivity contribution in [1.82, 2.24) is 24.7 Å². The molecule has 6 heteroatoms. The molecule has 3 aromatic heterocycles. The molecule has 1 aliphatic carbocycles. The summed E-state index contributed by atoms with van der Waals surface area (Å²) in [4.78, 5) is 0. The standard InChI is InChI=1S/C17H21N5O/c1-21-10-15(9-19-21)13-5-16(23-2)17-14(8-20-22(17)11-13)7-18-6-12-3-4-12/h5,8-12,18H,3-4,6-7H2,1-2H3. The molecular weight excluding hydrogens is 290 g/mol. The van der Waals surface area contributed by atoms with Gasteiger partial charge in [-0.25, -0.2) is 4.52 Å². The lowest BCUT2D eigenvalue weighted by atomic mass is 10.1. The van der Waals surface area contributed by atoms with Crippen LogP contribution >= 0.6 is 0 Å². The minimum Gasteiger partial charge on any atom is -0.494 e. The first-order chi connectivity index (χ1) is 11.2. The van der Waals surface area contributed by atoms with Gasteiger partial charge in [0.2, 0.25) is 0 Å². The van der Waals surface area contributed by atoms with E-state index in [0.29, 0.717) is 0 Å². The number of rotatable bonds is 6. The second-order valence-corrected chi connectivity index (χ2v) is 6.24. The Bertz CT molecular complexity index is 831. The van der Waals surface area contributed by atoms with Gasteiger partial charge in [-0.05, 0) is 31.4 Å². The highest BCUT2D eigenvalue weighted by molar-refractivity contribution is 5.72. The Morgan fingerprint density at radius 1 is 1.22 bits per heavy atom. The van der Waals surface area contributed by atoms with E-state index < -0.39 is 0 Å². The van der Waals surface area contributed by atoms with E-state index in [1.54, 1.807) is 11.8 Å². The van der Waals surface area contributed by atoms with Crippen LogP contribution in [-0.4, -0.2) is 33.0 Å². The third-order valence-electron chi connectivity index (χ3n) is 4.36. The molecule has 1 N–H and O–H groups in total. The van der Waals surface area contributed by atoms with Crippen LogP contribution in [0.1, 0.15) is 18.4 Å². The minimum atomic E-state index is 0.822.